The van der Waals surface area contributed by atoms with Gasteiger partial charge in [0.1, 0.15) is 0 Å². The van der Waals surface area contributed by atoms with Crippen molar-refractivity contribution < 1.29 is 13.6 Å². The number of nitrogens with one attached hydrogen (secondary N) is 2. The molecule has 2 aromatic rings. The number of piperidine rings is 1. The zero-order valence-electron chi connectivity index (χ0n) is 15.2. The van der Waals surface area contributed by atoms with E-state index in [9.17, 15) is 13.6 Å². The zero-order chi connectivity index (χ0) is 19.1. The van der Waals surface area contributed by atoms with Gasteiger partial charge in [-0.25, -0.2) is 0 Å². The number of likely N-dealkylation sites (tertiary alicyclic amines) is 1. The molecule has 4 rings (SSSR count). The van der Waals surface area contributed by atoms with E-state index >= 15 is 0 Å². The molecule has 142 valence electrons. The number of hydrogen-bond acceptors (Lipinski definition) is 4. The van der Waals surface area contributed by atoms with E-state index in [4.69, 9.17) is 0 Å². The van der Waals surface area contributed by atoms with Crippen LogP contribution in [0.4, 0.5) is 5.69 Å². The van der Waals surface area contributed by atoms with Crippen molar-refractivity contribution in [3.63, 3.8) is 0 Å². The van der Waals surface area contributed by atoms with Crippen LogP contribution in [0.25, 0.3) is 0 Å². The topological polar surface area (TPSA) is 84.5 Å². The molecule has 0 bridgehead atoms. The Bertz CT molecular complexity index is 905. The predicted octanol–water partition coefficient (Wildman–Crippen LogP) is 2.59. The Balaban J connectivity index is 1.51. The molecule has 2 aromatic carbocycles. The number of carbonyl (C=O) groups excluding carboxylic acids is 1. The van der Waals surface area contributed by atoms with Crippen molar-refractivity contribution in [1.82, 2.24) is 9.62 Å². The summed E-state index contributed by atoms with van der Waals surface area (Å²) in [6.07, 6.45) is 1.36. The summed E-state index contributed by atoms with van der Waals surface area (Å²) < 4.78 is 27.7. The highest BCUT2D eigenvalue weighted by molar-refractivity contribution is 7.96. The number of fused-ring (bicyclic) bond motifs is 1. The van der Waals surface area contributed by atoms with Crippen molar-refractivity contribution in [2.45, 2.75) is 30.2 Å². The summed E-state index contributed by atoms with van der Waals surface area (Å²) in [6, 6.07) is 14.6. The Hall–Kier alpha value is -2.22. The highest BCUT2D eigenvalue weighted by Gasteiger charge is 2.42. The minimum Gasteiger partial charge on any atom is -0.593 e. The number of carbonyl (C=O) groups is 1. The van der Waals surface area contributed by atoms with E-state index in [1.807, 2.05) is 42.2 Å². The van der Waals surface area contributed by atoms with Crippen LogP contribution in [0.3, 0.4) is 0 Å². The van der Waals surface area contributed by atoms with Gasteiger partial charge in [-0.2, -0.15) is 0 Å². The number of hydrogen-bond donors (Lipinski definition) is 2. The molecule has 27 heavy (non-hydrogen) atoms. The Morgan fingerprint density at radius 3 is 2.48 bits per heavy atom. The number of amides is 1. The van der Waals surface area contributed by atoms with Crippen LogP contribution < -0.4 is 10.0 Å². The fourth-order valence-corrected chi connectivity index (χ4v) is 5.05. The lowest BCUT2D eigenvalue weighted by Crippen LogP contribution is -2.55. The molecule has 7 heteroatoms. The molecule has 2 aliphatic heterocycles. The van der Waals surface area contributed by atoms with Crippen LogP contribution in [0.1, 0.15) is 28.8 Å². The Kier molecular flexibility index (Phi) is 4.53. The van der Waals surface area contributed by atoms with Gasteiger partial charge in [-0.1, -0.05) is 34.0 Å². The van der Waals surface area contributed by atoms with Crippen molar-refractivity contribution >= 4 is 22.0 Å². The number of sulfonamides is 1. The quantitative estimate of drug-likeness (QED) is 0.739. The SMILES string of the molecule is Cc1ccc(C(=O)N2CCC3(CC2)CN[S+](=O)([O-])c2ccccc2N3)cc1. The summed E-state index contributed by atoms with van der Waals surface area (Å²) in [5.74, 6) is 0.0273. The van der Waals surface area contributed by atoms with Crippen LogP contribution in [-0.4, -0.2) is 40.5 Å². The van der Waals surface area contributed by atoms with E-state index in [0.29, 0.717) is 43.7 Å². The molecule has 2 heterocycles. The average molecular weight is 385 g/mol. The van der Waals surface area contributed by atoms with Crippen LogP contribution in [0.2, 0.25) is 0 Å². The summed E-state index contributed by atoms with van der Waals surface area (Å²) in [7, 11) is -3.52. The third-order valence-electron chi connectivity index (χ3n) is 5.48. The molecule has 2 N–H and O–H groups in total. The highest BCUT2D eigenvalue weighted by Crippen LogP contribution is 2.35. The fourth-order valence-electron chi connectivity index (χ4n) is 3.76. The van der Waals surface area contributed by atoms with Crippen LogP contribution in [0, 0.1) is 6.92 Å². The summed E-state index contributed by atoms with van der Waals surface area (Å²) in [6.45, 7) is 3.49. The van der Waals surface area contributed by atoms with Crippen LogP contribution in [-0.2, 0) is 14.6 Å². The molecule has 1 atom stereocenters. The number of aryl methyl sites for hydroxylation is 1. The first-order valence-electron chi connectivity index (χ1n) is 9.11. The molecule has 1 fully saturated rings. The van der Waals surface area contributed by atoms with Crippen LogP contribution in [0.15, 0.2) is 53.4 Å². The summed E-state index contributed by atoms with van der Waals surface area (Å²) in [5, 5.41) is 3.46. The van der Waals surface area contributed by atoms with Crippen molar-refractivity contribution in [2.75, 3.05) is 25.0 Å². The summed E-state index contributed by atoms with van der Waals surface area (Å²) in [4.78, 5) is 14.9. The maximum Gasteiger partial charge on any atom is 0.253 e. The number of anilines is 1. The minimum absolute atomic E-state index is 0.0273. The van der Waals surface area contributed by atoms with Crippen molar-refractivity contribution in [3.05, 3.63) is 59.7 Å². The van der Waals surface area contributed by atoms with Gasteiger partial charge in [0.15, 0.2) is 15.3 Å². The lowest BCUT2D eigenvalue weighted by atomic mass is 9.87. The van der Waals surface area contributed by atoms with Gasteiger partial charge in [-0.15, -0.1) is 4.72 Å². The minimum atomic E-state index is -3.52. The average Bonchev–Trinajstić information content (AvgIpc) is 2.78. The molecule has 0 radical (unpaired) electrons. The van der Waals surface area contributed by atoms with Gasteiger partial charge in [0.2, 0.25) is 0 Å². The van der Waals surface area contributed by atoms with E-state index in [1.54, 1.807) is 18.2 Å². The first-order chi connectivity index (χ1) is 12.9. The second-order valence-electron chi connectivity index (χ2n) is 7.38. The zero-order valence-corrected chi connectivity index (χ0v) is 16.1. The number of nitrogens with zero attached hydrogens (tertiary/aromatic N) is 1. The van der Waals surface area contributed by atoms with Crippen LogP contribution in [0.5, 0.6) is 0 Å². The third kappa shape index (κ3) is 3.50. The monoisotopic (exact) mass is 385 g/mol. The van der Waals surface area contributed by atoms with Gasteiger partial charge in [0.25, 0.3) is 5.91 Å². The summed E-state index contributed by atoms with van der Waals surface area (Å²) in [5.41, 5.74) is 2.05. The molecule has 1 saturated heterocycles. The van der Waals surface area contributed by atoms with E-state index in [2.05, 4.69) is 10.0 Å². The Labute approximate surface area is 160 Å². The lowest BCUT2D eigenvalue weighted by molar-refractivity contribution is 0.0684. The largest absolute Gasteiger partial charge is 0.593 e. The predicted molar refractivity (Wildman–Crippen MR) is 104 cm³/mol. The fraction of sp³-hybridized carbons (Fsp3) is 0.350. The van der Waals surface area contributed by atoms with Gasteiger partial charge < -0.3 is 14.8 Å². The van der Waals surface area contributed by atoms with E-state index in [-0.39, 0.29) is 16.3 Å². The van der Waals surface area contributed by atoms with E-state index in [1.165, 1.54) is 0 Å². The molecule has 0 saturated carbocycles. The normalized spacial score (nSPS) is 24.0. The molecular formula is C20H23N3O3S. The van der Waals surface area contributed by atoms with E-state index in [0.717, 1.165) is 5.56 Å². The van der Waals surface area contributed by atoms with Gasteiger partial charge in [-0.05, 0) is 44.0 Å². The number of rotatable bonds is 1. The molecule has 0 aliphatic carbocycles. The molecule has 6 nitrogen and oxygen atoms in total. The number of benzene rings is 2. The van der Waals surface area contributed by atoms with Crippen molar-refractivity contribution in [3.8, 4) is 0 Å². The molecule has 2 aliphatic rings. The summed E-state index contributed by atoms with van der Waals surface area (Å²) >= 11 is 0. The first-order valence-corrected chi connectivity index (χ1v) is 10.6. The second kappa shape index (κ2) is 6.74. The standard InChI is InChI=1S/C20H23N3O3S/c1-15-6-8-16(9-7-15)19(24)23-12-10-20(11-13-23)14-21-27(25,26)18-5-3-2-4-17(18)22-20/h2-9H,10-14H2,1H3,(H2-,21,22,25,26). The van der Waals surface area contributed by atoms with Gasteiger partial charge in [0, 0.05) is 18.7 Å². The van der Waals surface area contributed by atoms with E-state index < -0.39 is 10.4 Å². The molecule has 1 amide bonds. The molecule has 1 unspecified atom stereocenters. The highest BCUT2D eigenvalue weighted by atomic mass is 32.3. The maximum atomic E-state index is 12.7. The maximum absolute atomic E-state index is 12.7. The third-order valence-corrected chi connectivity index (χ3v) is 6.94. The molecule has 0 aromatic heterocycles. The van der Waals surface area contributed by atoms with Crippen molar-refractivity contribution in [1.29, 1.82) is 0 Å². The molecular weight excluding hydrogens is 362 g/mol. The smallest absolute Gasteiger partial charge is 0.253 e. The lowest BCUT2D eigenvalue weighted by Gasteiger charge is -2.41. The van der Waals surface area contributed by atoms with Gasteiger partial charge in [-0.3, -0.25) is 4.79 Å². The van der Waals surface area contributed by atoms with Crippen molar-refractivity contribution in [2.24, 2.45) is 0 Å². The van der Waals surface area contributed by atoms with Gasteiger partial charge >= 0.3 is 0 Å². The van der Waals surface area contributed by atoms with Gasteiger partial charge in [0.05, 0.1) is 17.8 Å². The second-order valence-corrected chi connectivity index (χ2v) is 9.12. The van der Waals surface area contributed by atoms with Crippen LogP contribution >= 0.6 is 0 Å². The Morgan fingerprint density at radius 2 is 1.78 bits per heavy atom. The number of para-hydroxylation sites is 1. The Morgan fingerprint density at radius 1 is 1.11 bits per heavy atom. The molecule has 1 spiro atoms. The first kappa shape index (κ1) is 18.2.